The second-order valence-electron chi connectivity index (χ2n) is 7.21. The van der Waals surface area contributed by atoms with Gasteiger partial charge in [-0.1, -0.05) is 120 Å². The first kappa shape index (κ1) is 18.2. The normalized spacial score (nSPS) is 14.1. The summed E-state index contributed by atoms with van der Waals surface area (Å²) in [5.74, 6) is 0. The van der Waals surface area contributed by atoms with Gasteiger partial charge in [0.05, 0.1) is 10.1 Å². The lowest BCUT2D eigenvalue weighted by Crippen LogP contribution is -2.31. The predicted octanol–water partition coefficient (Wildman–Crippen LogP) is 6.05. The van der Waals surface area contributed by atoms with Crippen LogP contribution in [0.4, 0.5) is 0 Å². The van der Waals surface area contributed by atoms with Crippen molar-refractivity contribution >= 4 is 33.3 Å². The molecule has 0 atom stereocenters. The van der Waals surface area contributed by atoms with E-state index in [1.54, 1.807) is 0 Å². The SMILES string of the molecule is ClC(c1ccccc1)=c1ccc2c(c1=C(Cl)c1ccccc1)Cc1ccccc1-2. The Morgan fingerprint density at radius 2 is 1.14 bits per heavy atom. The molecule has 0 aliphatic heterocycles. The minimum atomic E-state index is 0.716. The van der Waals surface area contributed by atoms with Crippen molar-refractivity contribution in [3.63, 3.8) is 0 Å². The Morgan fingerprint density at radius 1 is 0.552 bits per heavy atom. The van der Waals surface area contributed by atoms with Crippen molar-refractivity contribution in [3.8, 4) is 11.1 Å². The monoisotopic (exact) mass is 412 g/mol. The van der Waals surface area contributed by atoms with E-state index in [0.717, 1.165) is 33.0 Å². The number of hydrogen-bond acceptors (Lipinski definition) is 0. The van der Waals surface area contributed by atoms with Gasteiger partial charge >= 0.3 is 0 Å². The molecule has 0 saturated heterocycles. The van der Waals surface area contributed by atoms with E-state index in [0.29, 0.717) is 5.03 Å². The third kappa shape index (κ3) is 3.19. The van der Waals surface area contributed by atoms with Gasteiger partial charge in [-0.2, -0.15) is 0 Å². The van der Waals surface area contributed by atoms with Crippen molar-refractivity contribution in [2.45, 2.75) is 6.42 Å². The van der Waals surface area contributed by atoms with Gasteiger partial charge in [0.25, 0.3) is 0 Å². The predicted molar refractivity (Wildman–Crippen MR) is 124 cm³/mol. The van der Waals surface area contributed by atoms with Gasteiger partial charge in [-0.25, -0.2) is 0 Å². The van der Waals surface area contributed by atoms with Crippen LogP contribution in [-0.2, 0) is 6.42 Å². The minimum absolute atomic E-state index is 0.716. The Balaban J connectivity index is 1.91. The number of rotatable bonds is 2. The number of hydrogen-bond donors (Lipinski definition) is 0. The van der Waals surface area contributed by atoms with E-state index in [1.165, 1.54) is 22.3 Å². The second kappa shape index (κ2) is 7.55. The van der Waals surface area contributed by atoms with E-state index in [1.807, 2.05) is 60.7 Å². The summed E-state index contributed by atoms with van der Waals surface area (Å²) in [4.78, 5) is 0. The molecule has 1 aliphatic rings. The molecule has 4 aromatic carbocycles. The maximum atomic E-state index is 7.04. The molecule has 0 spiro atoms. The van der Waals surface area contributed by atoms with Gasteiger partial charge in [0.2, 0.25) is 0 Å². The van der Waals surface area contributed by atoms with Crippen molar-refractivity contribution in [2.24, 2.45) is 0 Å². The standard InChI is InChI=1S/C27H18Cl2/c28-26(18-9-3-1-4-10-18)23-16-15-22-21-14-8-7-13-20(21)17-24(22)25(23)27(29)19-11-5-2-6-12-19/h1-16H,17H2. The molecule has 0 radical (unpaired) electrons. The van der Waals surface area contributed by atoms with E-state index in [9.17, 15) is 0 Å². The maximum Gasteiger partial charge on any atom is 0.0560 e. The van der Waals surface area contributed by atoms with Gasteiger partial charge in [-0.3, -0.25) is 0 Å². The summed E-state index contributed by atoms with van der Waals surface area (Å²) >= 11 is 14.0. The largest absolute Gasteiger partial charge is 0.0830 e. The third-order valence-corrected chi connectivity index (χ3v) is 6.33. The Morgan fingerprint density at radius 3 is 1.83 bits per heavy atom. The quantitative estimate of drug-likeness (QED) is 0.331. The van der Waals surface area contributed by atoms with Gasteiger partial charge in [-0.15, -0.1) is 0 Å². The Hall–Kier alpha value is -2.80. The molecular formula is C27H18Cl2. The van der Waals surface area contributed by atoms with Crippen LogP contribution in [0.3, 0.4) is 0 Å². The first-order valence-corrected chi connectivity index (χ1v) is 10.4. The van der Waals surface area contributed by atoms with Gasteiger partial charge in [0.15, 0.2) is 0 Å². The first-order valence-electron chi connectivity index (χ1n) is 9.64. The highest BCUT2D eigenvalue weighted by Crippen LogP contribution is 2.34. The van der Waals surface area contributed by atoms with E-state index in [-0.39, 0.29) is 0 Å². The molecule has 0 fully saturated rings. The number of halogens is 2. The van der Waals surface area contributed by atoms with Crippen molar-refractivity contribution in [1.29, 1.82) is 0 Å². The molecule has 0 N–H and O–H groups in total. The molecule has 5 rings (SSSR count). The van der Waals surface area contributed by atoms with Gasteiger partial charge < -0.3 is 0 Å². The molecule has 140 valence electrons. The lowest BCUT2D eigenvalue weighted by molar-refractivity contribution is 1.22. The molecule has 0 aromatic heterocycles. The Kier molecular flexibility index (Phi) is 4.75. The molecule has 29 heavy (non-hydrogen) atoms. The summed E-state index contributed by atoms with van der Waals surface area (Å²) in [7, 11) is 0. The molecule has 2 heteroatoms. The van der Waals surface area contributed by atoms with E-state index < -0.39 is 0 Å². The molecule has 0 heterocycles. The Bertz CT molecular complexity index is 1320. The summed E-state index contributed by atoms with van der Waals surface area (Å²) in [6.07, 6.45) is 0.858. The van der Waals surface area contributed by atoms with Crippen LogP contribution in [0, 0.1) is 0 Å². The van der Waals surface area contributed by atoms with Crippen molar-refractivity contribution in [1.82, 2.24) is 0 Å². The van der Waals surface area contributed by atoms with Crippen molar-refractivity contribution in [3.05, 3.63) is 130 Å². The van der Waals surface area contributed by atoms with Crippen LogP contribution < -0.4 is 10.4 Å². The lowest BCUT2D eigenvalue weighted by Gasteiger charge is -2.09. The van der Waals surface area contributed by atoms with Crippen LogP contribution >= 0.6 is 23.2 Å². The van der Waals surface area contributed by atoms with Crippen LogP contribution in [0.1, 0.15) is 22.3 Å². The zero-order valence-corrected chi connectivity index (χ0v) is 17.2. The average molecular weight is 413 g/mol. The molecule has 0 bridgehead atoms. The smallest absolute Gasteiger partial charge is 0.0560 e. The van der Waals surface area contributed by atoms with E-state index in [2.05, 4.69) is 36.4 Å². The van der Waals surface area contributed by atoms with Gasteiger partial charge in [-0.05, 0) is 39.8 Å². The van der Waals surface area contributed by atoms with Crippen LogP contribution in [-0.4, -0.2) is 0 Å². The summed E-state index contributed by atoms with van der Waals surface area (Å²) in [5.41, 5.74) is 7.08. The zero-order valence-electron chi connectivity index (χ0n) is 15.7. The molecule has 1 aliphatic carbocycles. The molecule has 0 nitrogen and oxygen atoms in total. The zero-order chi connectivity index (χ0) is 19.8. The Labute approximate surface area is 180 Å². The molecule has 0 saturated carbocycles. The number of fused-ring (bicyclic) bond motifs is 3. The molecule has 0 amide bonds. The average Bonchev–Trinajstić information content (AvgIpc) is 3.17. The van der Waals surface area contributed by atoms with Crippen molar-refractivity contribution in [2.75, 3.05) is 0 Å². The minimum Gasteiger partial charge on any atom is -0.0830 e. The highest BCUT2D eigenvalue weighted by Gasteiger charge is 2.21. The highest BCUT2D eigenvalue weighted by molar-refractivity contribution is 6.50. The highest BCUT2D eigenvalue weighted by atomic mass is 35.5. The summed E-state index contributed by atoms with van der Waals surface area (Å²) in [6.45, 7) is 0. The summed E-state index contributed by atoms with van der Waals surface area (Å²) in [6, 6.07) is 33.0. The molecule has 4 aromatic rings. The van der Waals surface area contributed by atoms with Gasteiger partial charge in [0, 0.05) is 10.4 Å². The fraction of sp³-hybridized carbons (Fsp3) is 0.0370. The van der Waals surface area contributed by atoms with E-state index in [4.69, 9.17) is 23.2 Å². The molecule has 0 unspecified atom stereocenters. The second-order valence-corrected chi connectivity index (χ2v) is 7.96. The first-order chi connectivity index (χ1) is 14.2. The van der Waals surface area contributed by atoms with Gasteiger partial charge in [0.1, 0.15) is 0 Å². The lowest BCUT2D eigenvalue weighted by atomic mass is 9.99. The maximum absolute atomic E-state index is 7.04. The van der Waals surface area contributed by atoms with E-state index >= 15 is 0 Å². The molecular weight excluding hydrogens is 395 g/mol. The number of benzene rings is 4. The van der Waals surface area contributed by atoms with Crippen LogP contribution in [0.25, 0.3) is 21.2 Å². The third-order valence-electron chi connectivity index (χ3n) is 5.50. The summed E-state index contributed by atoms with van der Waals surface area (Å²) < 4.78 is 0. The topological polar surface area (TPSA) is 0 Å². The summed E-state index contributed by atoms with van der Waals surface area (Å²) in [5, 5.41) is 3.45. The van der Waals surface area contributed by atoms with Crippen molar-refractivity contribution < 1.29 is 0 Å². The fourth-order valence-corrected chi connectivity index (χ4v) is 4.74. The van der Waals surface area contributed by atoms with Crippen LogP contribution in [0.2, 0.25) is 0 Å². The van der Waals surface area contributed by atoms with Crippen LogP contribution in [0.5, 0.6) is 0 Å². The van der Waals surface area contributed by atoms with Crippen LogP contribution in [0.15, 0.2) is 97.1 Å². The fourth-order valence-electron chi connectivity index (χ4n) is 4.11.